The normalized spacial score (nSPS) is 19.6. The average molecular weight is 759 g/mol. The van der Waals surface area contributed by atoms with Crippen molar-refractivity contribution in [1.82, 2.24) is 0 Å². The molecule has 0 fully saturated rings. The second-order valence-electron chi connectivity index (χ2n) is 18.7. The van der Waals surface area contributed by atoms with Crippen LogP contribution in [0.4, 0.5) is 0 Å². The first-order valence-electron chi connectivity index (χ1n) is 19.9. The van der Waals surface area contributed by atoms with Gasteiger partial charge in [0.25, 0.3) is 0 Å². The number of rotatable bonds is 10. The van der Waals surface area contributed by atoms with E-state index in [0.29, 0.717) is 20.9 Å². The molecule has 0 saturated heterocycles. The molecule has 2 aliphatic rings. The maximum Gasteiger partial charge on any atom is 0.207 e. The molecule has 0 heterocycles. The van der Waals surface area contributed by atoms with Crippen LogP contribution in [0.5, 0.6) is 0 Å². The number of hydrogen-bond donors (Lipinski definition) is 0. The summed E-state index contributed by atoms with van der Waals surface area (Å²) in [5, 5.41) is 0. The van der Waals surface area contributed by atoms with E-state index in [1.165, 1.54) is 35.1 Å². The Bertz CT molecular complexity index is 2100. The van der Waals surface area contributed by atoms with Gasteiger partial charge in [0, 0.05) is 14.2 Å². The number of benzene rings is 4. The average Bonchev–Trinajstić information content (AvgIpc) is 3.12. The van der Waals surface area contributed by atoms with Crippen molar-refractivity contribution in [3.63, 3.8) is 0 Å². The predicted octanol–water partition coefficient (Wildman–Crippen LogP) is 12.6. The van der Waals surface area contributed by atoms with Gasteiger partial charge < -0.3 is 9.47 Å². The van der Waals surface area contributed by atoms with E-state index >= 15 is 0 Å². The van der Waals surface area contributed by atoms with E-state index in [1.807, 2.05) is 50.3 Å². The molecule has 55 heavy (non-hydrogen) atoms. The molecule has 4 nitrogen and oxygen atoms in total. The Balaban J connectivity index is 1.19. The van der Waals surface area contributed by atoms with Crippen molar-refractivity contribution >= 4 is 22.0 Å². The molecule has 0 saturated carbocycles. The van der Waals surface area contributed by atoms with Crippen LogP contribution in [0.2, 0.25) is 0 Å². The van der Waals surface area contributed by atoms with Gasteiger partial charge in [-0.3, -0.25) is 0 Å². The summed E-state index contributed by atoms with van der Waals surface area (Å²) < 4.78 is 40.0. The number of hydrogen-bond acceptors (Lipinski definition) is 4. The van der Waals surface area contributed by atoms with Gasteiger partial charge in [0.2, 0.25) is 9.84 Å². The Hall–Kier alpha value is -3.77. The smallest absolute Gasteiger partial charge is 0.207 e. The van der Waals surface area contributed by atoms with Crippen LogP contribution in [0.25, 0.3) is 12.2 Å². The summed E-state index contributed by atoms with van der Waals surface area (Å²) in [5.74, 6) is 0. The van der Waals surface area contributed by atoms with Gasteiger partial charge in [-0.15, -0.1) is 0 Å². The second-order valence-corrected chi connectivity index (χ2v) is 20.6. The minimum atomic E-state index is -3.75. The molecular weight excluding hydrogens is 697 g/mol. The summed E-state index contributed by atoms with van der Waals surface area (Å²) in [4.78, 5) is 0.633. The molecule has 0 spiro atoms. The van der Waals surface area contributed by atoms with Crippen molar-refractivity contribution < 1.29 is 17.9 Å². The van der Waals surface area contributed by atoms with Crippen molar-refractivity contribution in [1.29, 1.82) is 0 Å². The van der Waals surface area contributed by atoms with Gasteiger partial charge in [-0.25, -0.2) is 8.42 Å². The van der Waals surface area contributed by atoms with Crippen LogP contribution in [-0.2, 0) is 41.0 Å². The molecule has 2 atom stereocenters. The summed E-state index contributed by atoms with van der Waals surface area (Å²) >= 11 is 0. The van der Waals surface area contributed by atoms with E-state index < -0.39 is 9.84 Å². The lowest BCUT2D eigenvalue weighted by Crippen LogP contribution is -2.34. The summed E-state index contributed by atoms with van der Waals surface area (Å²) in [5.41, 5.74) is 11.7. The van der Waals surface area contributed by atoms with E-state index in [0.717, 1.165) is 35.1 Å². The lowest BCUT2D eigenvalue weighted by atomic mass is 9.63. The Kier molecular flexibility index (Phi) is 11.1. The lowest BCUT2D eigenvalue weighted by Gasteiger charge is -2.42. The van der Waals surface area contributed by atoms with Gasteiger partial charge in [-0.1, -0.05) is 140 Å². The Labute approximate surface area is 332 Å². The lowest BCUT2D eigenvalue weighted by molar-refractivity contribution is 0.143. The summed E-state index contributed by atoms with van der Waals surface area (Å²) in [6.07, 6.45) is 12.4. The Morgan fingerprint density at radius 3 is 1.18 bits per heavy atom. The molecule has 5 heteroatoms. The van der Waals surface area contributed by atoms with Crippen LogP contribution in [0.1, 0.15) is 149 Å². The molecule has 4 aromatic rings. The Morgan fingerprint density at radius 2 is 0.855 bits per heavy atom. The third-order valence-corrected chi connectivity index (χ3v) is 14.9. The van der Waals surface area contributed by atoms with Crippen molar-refractivity contribution in [2.24, 2.45) is 0 Å². The first-order chi connectivity index (χ1) is 25.7. The molecule has 0 aromatic heterocycles. The topological polar surface area (TPSA) is 52.6 Å². The monoisotopic (exact) mass is 758 g/mol. The Morgan fingerprint density at radius 1 is 0.509 bits per heavy atom. The molecular formula is C50H62O4S. The number of aryl methyl sites for hydroxylation is 2. The molecule has 292 valence electrons. The fourth-order valence-electron chi connectivity index (χ4n) is 8.89. The zero-order chi connectivity index (χ0) is 40.1. The molecule has 0 bridgehead atoms. The largest absolute Gasteiger partial charge is 0.373 e. The zero-order valence-corrected chi connectivity index (χ0v) is 36.1. The maximum absolute atomic E-state index is 14.0. The van der Waals surface area contributed by atoms with E-state index in [1.54, 1.807) is 26.4 Å². The van der Waals surface area contributed by atoms with Crippen molar-refractivity contribution in [3.8, 4) is 0 Å². The minimum Gasteiger partial charge on any atom is -0.373 e. The standard InChI is InChI=1S/C50H62O4S/c1-33-29-35(13-21-43(53-11)37-17-19-39-41(31-37)49(7,8)27-25-47(39,3)4)15-23-45(33)55(51,52)46-24-16-36(30-34(46)2)14-22-44(54-12)38-18-20-40-42(32-38)50(9,10)28-26-48(40,5)6/h13-24,29-32,43-44H,25-28H2,1-12H3. The van der Waals surface area contributed by atoms with Crippen molar-refractivity contribution in [3.05, 3.63) is 141 Å². The van der Waals surface area contributed by atoms with Gasteiger partial charge >= 0.3 is 0 Å². The van der Waals surface area contributed by atoms with Gasteiger partial charge in [0.05, 0.1) is 9.79 Å². The maximum atomic E-state index is 14.0. The first-order valence-corrected chi connectivity index (χ1v) is 21.4. The predicted molar refractivity (Wildman–Crippen MR) is 229 cm³/mol. The highest BCUT2D eigenvalue weighted by molar-refractivity contribution is 7.91. The fourth-order valence-corrected chi connectivity index (χ4v) is 10.6. The second kappa shape index (κ2) is 15.0. The van der Waals surface area contributed by atoms with Gasteiger partial charge in [0.1, 0.15) is 12.2 Å². The van der Waals surface area contributed by atoms with Gasteiger partial charge in [-0.05, 0) is 129 Å². The van der Waals surface area contributed by atoms with Gasteiger partial charge in [-0.2, -0.15) is 0 Å². The molecule has 0 radical (unpaired) electrons. The summed E-state index contributed by atoms with van der Waals surface area (Å²) in [6.45, 7) is 22.4. The molecule has 0 N–H and O–H groups in total. The van der Waals surface area contributed by atoms with Crippen LogP contribution in [0.3, 0.4) is 0 Å². The molecule has 2 aliphatic carbocycles. The molecule has 6 rings (SSSR count). The molecule has 0 aliphatic heterocycles. The number of fused-ring (bicyclic) bond motifs is 2. The highest BCUT2D eigenvalue weighted by Gasteiger charge is 2.38. The van der Waals surface area contributed by atoms with Crippen LogP contribution in [0.15, 0.2) is 94.7 Å². The van der Waals surface area contributed by atoms with Crippen LogP contribution < -0.4 is 0 Å². The molecule has 0 amide bonds. The van der Waals surface area contributed by atoms with Crippen molar-refractivity contribution in [2.45, 2.75) is 139 Å². The highest BCUT2D eigenvalue weighted by atomic mass is 32.2. The van der Waals surface area contributed by atoms with Crippen LogP contribution in [0, 0.1) is 13.8 Å². The zero-order valence-electron chi connectivity index (χ0n) is 35.3. The number of sulfone groups is 1. The minimum absolute atomic E-state index is 0.113. The van der Waals surface area contributed by atoms with Gasteiger partial charge in [0.15, 0.2) is 0 Å². The first kappa shape index (κ1) is 40.9. The quantitative estimate of drug-likeness (QED) is 0.162. The third kappa shape index (κ3) is 8.08. The number of methoxy groups -OCH3 is 2. The van der Waals surface area contributed by atoms with Crippen LogP contribution in [-0.4, -0.2) is 22.6 Å². The summed E-state index contributed by atoms with van der Waals surface area (Å²) in [6, 6.07) is 24.7. The fraction of sp³-hybridized carbons (Fsp3) is 0.440. The number of ether oxygens (including phenoxy) is 2. The highest BCUT2D eigenvalue weighted by Crippen LogP contribution is 2.48. The molecule has 4 aromatic carbocycles. The third-order valence-electron chi connectivity index (χ3n) is 12.8. The van der Waals surface area contributed by atoms with E-state index in [2.05, 4.69) is 104 Å². The van der Waals surface area contributed by atoms with E-state index in [9.17, 15) is 8.42 Å². The van der Waals surface area contributed by atoms with E-state index in [-0.39, 0.29) is 33.9 Å². The summed E-state index contributed by atoms with van der Waals surface area (Å²) in [7, 11) is -0.276. The van der Waals surface area contributed by atoms with E-state index in [4.69, 9.17) is 9.47 Å². The molecule has 2 unspecified atom stereocenters. The SMILES string of the molecule is COC(C=Cc1ccc(S(=O)(=O)c2ccc(C=CC(OC)c3ccc4c(c3)C(C)(C)CCC4(C)C)cc2C)c(C)c1)c1ccc2c(c1)C(C)(C)CCC2(C)C. The van der Waals surface area contributed by atoms with Crippen molar-refractivity contribution in [2.75, 3.05) is 14.2 Å². The van der Waals surface area contributed by atoms with Crippen LogP contribution >= 0.6 is 0 Å².